The van der Waals surface area contributed by atoms with Gasteiger partial charge in [-0.25, -0.2) is 4.39 Å². The second-order valence-electron chi connectivity index (χ2n) is 4.02. The van der Waals surface area contributed by atoms with E-state index in [1.807, 2.05) is 0 Å². The second-order valence-corrected chi connectivity index (χ2v) is 4.02. The summed E-state index contributed by atoms with van der Waals surface area (Å²) in [4.78, 5) is 10.9. The molecule has 4 heteroatoms. The molecule has 1 aliphatic rings. The smallest absolute Gasteiger partial charge is 0.310 e. The predicted octanol–water partition coefficient (Wildman–Crippen LogP) is 2.32. The molecule has 0 aliphatic heterocycles. The average molecular weight is 224 g/mol. The normalized spacial score (nSPS) is 16.8. The van der Waals surface area contributed by atoms with Crippen molar-refractivity contribution < 1.29 is 19.0 Å². The van der Waals surface area contributed by atoms with Crippen LogP contribution in [-0.4, -0.2) is 17.7 Å². The van der Waals surface area contributed by atoms with Crippen molar-refractivity contribution in [2.75, 3.05) is 6.61 Å². The van der Waals surface area contributed by atoms with Crippen LogP contribution in [0.2, 0.25) is 0 Å². The van der Waals surface area contributed by atoms with Crippen molar-refractivity contribution in [2.24, 2.45) is 11.8 Å². The van der Waals surface area contributed by atoms with Crippen LogP contribution in [0.25, 0.3) is 0 Å². The van der Waals surface area contributed by atoms with Gasteiger partial charge in [0.1, 0.15) is 6.61 Å². The number of ether oxygens (including phenoxy) is 1. The van der Waals surface area contributed by atoms with Crippen molar-refractivity contribution >= 4 is 5.97 Å². The van der Waals surface area contributed by atoms with Gasteiger partial charge in [-0.2, -0.15) is 0 Å². The molecule has 3 nitrogen and oxygen atoms in total. The Morgan fingerprint density at radius 2 is 2.19 bits per heavy atom. The third-order valence-corrected chi connectivity index (χ3v) is 2.76. The minimum Gasteiger partial charge on any atom is -0.490 e. The highest BCUT2D eigenvalue weighted by atomic mass is 19.1. The van der Waals surface area contributed by atoms with Crippen molar-refractivity contribution in [2.45, 2.75) is 12.8 Å². The summed E-state index contributed by atoms with van der Waals surface area (Å²) in [6.07, 6.45) is 1.86. The van der Waals surface area contributed by atoms with Crippen molar-refractivity contribution in [3.05, 3.63) is 30.1 Å². The van der Waals surface area contributed by atoms with Crippen LogP contribution in [0.4, 0.5) is 4.39 Å². The Hall–Kier alpha value is -1.58. The van der Waals surface area contributed by atoms with Gasteiger partial charge in [-0.1, -0.05) is 12.1 Å². The van der Waals surface area contributed by atoms with Gasteiger partial charge in [0.05, 0.1) is 5.92 Å². The molecule has 1 aromatic carbocycles. The molecule has 16 heavy (non-hydrogen) atoms. The molecule has 2 rings (SSSR count). The molecule has 0 heterocycles. The number of carboxylic acids is 1. The first-order valence-corrected chi connectivity index (χ1v) is 5.28. The summed E-state index contributed by atoms with van der Waals surface area (Å²) in [6.45, 7) is 0.0426. The van der Waals surface area contributed by atoms with E-state index >= 15 is 0 Å². The van der Waals surface area contributed by atoms with E-state index in [0.29, 0.717) is 0 Å². The molecule has 1 atom stereocenters. The van der Waals surface area contributed by atoms with Crippen LogP contribution in [0.5, 0.6) is 5.75 Å². The fourth-order valence-electron chi connectivity index (χ4n) is 1.65. The Labute approximate surface area is 92.9 Å². The van der Waals surface area contributed by atoms with Gasteiger partial charge < -0.3 is 9.84 Å². The molecule has 0 amide bonds. The third kappa shape index (κ3) is 2.51. The van der Waals surface area contributed by atoms with E-state index in [1.54, 1.807) is 12.1 Å². The summed E-state index contributed by atoms with van der Waals surface area (Å²) in [5, 5.41) is 8.96. The van der Waals surface area contributed by atoms with E-state index in [2.05, 4.69) is 0 Å². The van der Waals surface area contributed by atoms with Gasteiger partial charge in [0.25, 0.3) is 0 Å². The summed E-state index contributed by atoms with van der Waals surface area (Å²) >= 11 is 0. The fourth-order valence-corrected chi connectivity index (χ4v) is 1.65. The Balaban J connectivity index is 1.95. The minimum atomic E-state index is -0.862. The Kier molecular flexibility index (Phi) is 3.08. The lowest BCUT2D eigenvalue weighted by Crippen LogP contribution is -2.23. The summed E-state index contributed by atoms with van der Waals surface area (Å²) in [6, 6.07) is 6.02. The summed E-state index contributed by atoms with van der Waals surface area (Å²) in [5.41, 5.74) is 0. The van der Waals surface area contributed by atoms with Gasteiger partial charge in [-0.05, 0) is 30.9 Å². The van der Waals surface area contributed by atoms with Crippen LogP contribution in [0.3, 0.4) is 0 Å². The maximum absolute atomic E-state index is 13.2. The molecule has 0 bridgehead atoms. The predicted molar refractivity (Wildman–Crippen MR) is 55.7 cm³/mol. The highest BCUT2D eigenvalue weighted by molar-refractivity contribution is 5.71. The summed E-state index contributed by atoms with van der Waals surface area (Å²) < 4.78 is 18.4. The number of rotatable bonds is 5. The molecule has 0 spiro atoms. The Morgan fingerprint density at radius 3 is 2.75 bits per heavy atom. The quantitative estimate of drug-likeness (QED) is 0.834. The molecule has 1 aliphatic carbocycles. The lowest BCUT2D eigenvalue weighted by Gasteiger charge is -2.12. The van der Waals surface area contributed by atoms with Gasteiger partial charge in [-0.3, -0.25) is 4.79 Å². The molecule has 0 radical (unpaired) electrons. The number of halogens is 1. The van der Waals surface area contributed by atoms with Crippen LogP contribution in [-0.2, 0) is 4.79 Å². The number of hydrogen-bond acceptors (Lipinski definition) is 2. The number of benzene rings is 1. The molecule has 1 unspecified atom stereocenters. The minimum absolute atomic E-state index is 0.0426. The lowest BCUT2D eigenvalue weighted by atomic mass is 10.1. The Bertz CT molecular complexity index is 388. The van der Waals surface area contributed by atoms with Gasteiger partial charge in [0.15, 0.2) is 11.6 Å². The van der Waals surface area contributed by atoms with Gasteiger partial charge in [0, 0.05) is 0 Å². The topological polar surface area (TPSA) is 46.5 Å². The maximum atomic E-state index is 13.2. The van der Waals surface area contributed by atoms with E-state index in [0.717, 1.165) is 12.8 Å². The summed E-state index contributed by atoms with van der Waals surface area (Å²) in [7, 11) is 0. The first-order chi connectivity index (χ1) is 7.68. The van der Waals surface area contributed by atoms with Crippen molar-refractivity contribution in [1.29, 1.82) is 0 Å². The number of aliphatic carboxylic acids is 1. The standard InChI is InChI=1S/C12H13FO3/c13-10-3-1-2-4-11(10)16-7-9(12(14)15)8-5-6-8/h1-4,8-9H,5-7H2,(H,14,15). The first-order valence-electron chi connectivity index (χ1n) is 5.28. The number of para-hydroxylation sites is 1. The highest BCUT2D eigenvalue weighted by Gasteiger charge is 2.36. The first kappa shape index (κ1) is 10.9. The van der Waals surface area contributed by atoms with Crippen LogP contribution >= 0.6 is 0 Å². The largest absolute Gasteiger partial charge is 0.490 e. The third-order valence-electron chi connectivity index (χ3n) is 2.76. The molecule has 1 N–H and O–H groups in total. The van der Waals surface area contributed by atoms with Crippen LogP contribution < -0.4 is 4.74 Å². The van der Waals surface area contributed by atoms with Crippen LogP contribution in [0, 0.1) is 17.7 Å². The number of carboxylic acid groups (broad SMARTS) is 1. The lowest BCUT2D eigenvalue weighted by molar-refractivity contribution is -0.143. The molecule has 1 fully saturated rings. The average Bonchev–Trinajstić information content (AvgIpc) is 3.04. The number of hydrogen-bond donors (Lipinski definition) is 1. The monoisotopic (exact) mass is 224 g/mol. The number of carbonyl (C=O) groups is 1. The molecular weight excluding hydrogens is 211 g/mol. The maximum Gasteiger partial charge on any atom is 0.310 e. The van der Waals surface area contributed by atoms with Gasteiger partial charge >= 0.3 is 5.97 Å². The zero-order chi connectivity index (χ0) is 11.5. The summed E-state index contributed by atoms with van der Waals surface area (Å²) in [5.74, 6) is -1.51. The van der Waals surface area contributed by atoms with E-state index in [1.165, 1.54) is 12.1 Å². The van der Waals surface area contributed by atoms with E-state index < -0.39 is 17.7 Å². The zero-order valence-corrected chi connectivity index (χ0v) is 8.73. The SMILES string of the molecule is O=C(O)C(COc1ccccc1F)C1CC1. The molecule has 86 valence electrons. The molecule has 1 saturated carbocycles. The van der Waals surface area contributed by atoms with Crippen molar-refractivity contribution in [3.8, 4) is 5.75 Å². The molecular formula is C12H13FO3. The van der Waals surface area contributed by atoms with Gasteiger partial charge in [0.2, 0.25) is 0 Å². The fraction of sp³-hybridized carbons (Fsp3) is 0.417. The van der Waals surface area contributed by atoms with Crippen molar-refractivity contribution in [3.63, 3.8) is 0 Å². The molecule has 0 aromatic heterocycles. The molecule has 0 saturated heterocycles. The highest BCUT2D eigenvalue weighted by Crippen LogP contribution is 2.37. The van der Waals surface area contributed by atoms with E-state index in [-0.39, 0.29) is 18.3 Å². The second kappa shape index (κ2) is 4.51. The van der Waals surface area contributed by atoms with Crippen molar-refractivity contribution in [1.82, 2.24) is 0 Å². The van der Waals surface area contributed by atoms with E-state index in [4.69, 9.17) is 9.84 Å². The zero-order valence-electron chi connectivity index (χ0n) is 8.73. The molecule has 1 aromatic rings. The Morgan fingerprint density at radius 1 is 1.50 bits per heavy atom. The van der Waals surface area contributed by atoms with Crippen LogP contribution in [0.15, 0.2) is 24.3 Å². The van der Waals surface area contributed by atoms with Gasteiger partial charge in [-0.15, -0.1) is 0 Å². The van der Waals surface area contributed by atoms with Crippen LogP contribution in [0.1, 0.15) is 12.8 Å². The van der Waals surface area contributed by atoms with E-state index in [9.17, 15) is 9.18 Å².